The van der Waals surface area contributed by atoms with E-state index in [0.29, 0.717) is 11.4 Å². The van der Waals surface area contributed by atoms with Gasteiger partial charge in [-0.2, -0.15) is 0 Å². The first-order chi connectivity index (χ1) is 9.56. The van der Waals surface area contributed by atoms with Gasteiger partial charge in [0.1, 0.15) is 0 Å². The lowest BCUT2D eigenvalue weighted by atomic mass is 10.2. The van der Waals surface area contributed by atoms with Crippen LogP contribution in [0.15, 0.2) is 42.7 Å². The number of urea groups is 1. The van der Waals surface area contributed by atoms with Gasteiger partial charge in [0.15, 0.2) is 5.82 Å². The molecule has 102 valence electrons. The molecule has 0 fully saturated rings. The van der Waals surface area contributed by atoms with Crippen LogP contribution in [-0.4, -0.2) is 16.9 Å². The van der Waals surface area contributed by atoms with Crippen molar-refractivity contribution < 1.29 is 14.0 Å². The number of hydrogen-bond acceptors (Lipinski definition) is 3. The predicted octanol–water partition coefficient (Wildman–Crippen LogP) is 1.96. The number of anilines is 2. The van der Waals surface area contributed by atoms with E-state index in [1.807, 2.05) is 0 Å². The summed E-state index contributed by atoms with van der Waals surface area (Å²) in [5, 5.41) is 4.91. The van der Waals surface area contributed by atoms with Gasteiger partial charge < -0.3 is 16.4 Å². The fourth-order valence-corrected chi connectivity index (χ4v) is 1.54. The monoisotopic (exact) mass is 274 g/mol. The number of nitrogens with two attached hydrogens (primary N) is 1. The standard InChI is InChI=1S/C13H11FN4O2/c14-11-7-16-6-5-10(11)12(19)17-8-1-3-9(4-2-8)18-13(15)20/h1-7H,(H,17,19)(H3,15,18,20). The molecule has 7 heteroatoms. The summed E-state index contributed by atoms with van der Waals surface area (Å²) in [5.74, 6) is -1.28. The lowest BCUT2D eigenvalue weighted by Gasteiger charge is -2.07. The number of carbonyl (C=O) groups excluding carboxylic acids is 2. The van der Waals surface area contributed by atoms with Crippen LogP contribution < -0.4 is 16.4 Å². The third-order valence-corrected chi connectivity index (χ3v) is 2.43. The number of halogens is 1. The van der Waals surface area contributed by atoms with Crippen molar-refractivity contribution in [1.29, 1.82) is 0 Å². The van der Waals surface area contributed by atoms with Crippen molar-refractivity contribution in [1.82, 2.24) is 4.98 Å². The second-order valence-electron chi connectivity index (χ2n) is 3.88. The molecule has 0 aliphatic carbocycles. The van der Waals surface area contributed by atoms with Gasteiger partial charge in [0.25, 0.3) is 5.91 Å². The zero-order valence-corrected chi connectivity index (χ0v) is 10.3. The number of carbonyl (C=O) groups is 2. The molecule has 0 atom stereocenters. The molecule has 0 bridgehead atoms. The number of aromatic nitrogens is 1. The van der Waals surface area contributed by atoms with Gasteiger partial charge in [0, 0.05) is 17.6 Å². The molecule has 20 heavy (non-hydrogen) atoms. The molecule has 3 amide bonds. The predicted molar refractivity (Wildman–Crippen MR) is 71.8 cm³/mol. The van der Waals surface area contributed by atoms with Crippen molar-refractivity contribution in [3.63, 3.8) is 0 Å². The highest BCUT2D eigenvalue weighted by Crippen LogP contribution is 2.15. The molecule has 1 aromatic heterocycles. The summed E-state index contributed by atoms with van der Waals surface area (Å²) < 4.78 is 13.4. The van der Waals surface area contributed by atoms with Gasteiger partial charge in [0.05, 0.1) is 11.8 Å². The van der Waals surface area contributed by atoms with Crippen LogP contribution in [0.2, 0.25) is 0 Å². The van der Waals surface area contributed by atoms with E-state index in [9.17, 15) is 14.0 Å². The highest BCUT2D eigenvalue weighted by atomic mass is 19.1. The molecule has 1 aromatic carbocycles. The number of primary amides is 1. The number of amides is 3. The molecule has 0 unspecified atom stereocenters. The van der Waals surface area contributed by atoms with Gasteiger partial charge in [-0.15, -0.1) is 0 Å². The summed E-state index contributed by atoms with van der Waals surface area (Å²) in [6, 6.07) is 6.84. The minimum atomic E-state index is -0.697. The number of benzene rings is 1. The lowest BCUT2D eigenvalue weighted by molar-refractivity contribution is 0.102. The molecular weight excluding hydrogens is 263 g/mol. The molecule has 0 spiro atoms. The van der Waals surface area contributed by atoms with Crippen LogP contribution in [0.1, 0.15) is 10.4 Å². The molecule has 0 saturated heterocycles. The Labute approximate surface area is 113 Å². The Hall–Kier alpha value is -2.96. The number of nitrogens with zero attached hydrogens (tertiary/aromatic N) is 1. The average Bonchev–Trinajstić information content (AvgIpc) is 2.41. The molecule has 0 radical (unpaired) electrons. The Morgan fingerprint density at radius 2 is 1.65 bits per heavy atom. The molecule has 0 aliphatic rings. The topological polar surface area (TPSA) is 97.1 Å². The third kappa shape index (κ3) is 3.29. The van der Waals surface area contributed by atoms with E-state index in [1.165, 1.54) is 12.3 Å². The van der Waals surface area contributed by atoms with Crippen LogP contribution in [0.4, 0.5) is 20.6 Å². The minimum Gasteiger partial charge on any atom is -0.351 e. The normalized spacial score (nSPS) is 9.85. The quantitative estimate of drug-likeness (QED) is 0.798. The molecule has 2 rings (SSSR count). The molecule has 6 nitrogen and oxygen atoms in total. The van der Waals surface area contributed by atoms with E-state index < -0.39 is 17.8 Å². The summed E-state index contributed by atoms with van der Waals surface area (Å²) in [7, 11) is 0. The van der Waals surface area contributed by atoms with E-state index in [4.69, 9.17) is 5.73 Å². The molecule has 0 saturated carbocycles. The Balaban J connectivity index is 2.09. The molecular formula is C13H11FN4O2. The van der Waals surface area contributed by atoms with Gasteiger partial charge in [-0.25, -0.2) is 9.18 Å². The summed E-state index contributed by atoms with van der Waals surface area (Å²) in [4.78, 5) is 26.0. The lowest BCUT2D eigenvalue weighted by Crippen LogP contribution is -2.19. The number of nitrogens with one attached hydrogen (secondary N) is 2. The molecule has 1 heterocycles. The first kappa shape index (κ1) is 13.5. The zero-order chi connectivity index (χ0) is 14.5. The maximum absolute atomic E-state index is 13.4. The van der Waals surface area contributed by atoms with Crippen molar-refractivity contribution in [3.8, 4) is 0 Å². The van der Waals surface area contributed by atoms with Crippen LogP contribution in [0.25, 0.3) is 0 Å². The second-order valence-corrected chi connectivity index (χ2v) is 3.88. The Bertz CT molecular complexity index is 643. The largest absolute Gasteiger partial charge is 0.351 e. The third-order valence-electron chi connectivity index (χ3n) is 2.43. The van der Waals surface area contributed by atoms with Crippen molar-refractivity contribution in [2.45, 2.75) is 0 Å². The van der Waals surface area contributed by atoms with Crippen LogP contribution in [-0.2, 0) is 0 Å². The fraction of sp³-hybridized carbons (Fsp3) is 0. The van der Waals surface area contributed by atoms with Gasteiger partial charge in [-0.1, -0.05) is 0 Å². The fourth-order valence-electron chi connectivity index (χ4n) is 1.54. The SMILES string of the molecule is NC(=O)Nc1ccc(NC(=O)c2ccncc2F)cc1. The maximum Gasteiger partial charge on any atom is 0.316 e. The van der Waals surface area contributed by atoms with Gasteiger partial charge in [-0.3, -0.25) is 9.78 Å². The highest BCUT2D eigenvalue weighted by Gasteiger charge is 2.11. The smallest absolute Gasteiger partial charge is 0.316 e. The van der Waals surface area contributed by atoms with E-state index in [1.54, 1.807) is 24.3 Å². The summed E-state index contributed by atoms with van der Waals surface area (Å²) >= 11 is 0. The van der Waals surface area contributed by atoms with Gasteiger partial charge >= 0.3 is 6.03 Å². The Morgan fingerprint density at radius 3 is 2.20 bits per heavy atom. The van der Waals surface area contributed by atoms with Crippen molar-refractivity contribution >= 4 is 23.3 Å². The zero-order valence-electron chi connectivity index (χ0n) is 10.3. The molecule has 4 N–H and O–H groups in total. The first-order valence-corrected chi connectivity index (χ1v) is 5.63. The van der Waals surface area contributed by atoms with Crippen molar-refractivity contribution in [3.05, 3.63) is 54.1 Å². The summed E-state index contributed by atoms with van der Waals surface area (Å²) in [6.45, 7) is 0. The molecule has 2 aromatic rings. The summed E-state index contributed by atoms with van der Waals surface area (Å²) in [6.07, 6.45) is 2.30. The number of pyridine rings is 1. The first-order valence-electron chi connectivity index (χ1n) is 5.63. The van der Waals surface area contributed by atoms with E-state index in [-0.39, 0.29) is 5.56 Å². The van der Waals surface area contributed by atoms with Crippen molar-refractivity contribution in [2.24, 2.45) is 5.73 Å². The Kier molecular flexibility index (Phi) is 3.90. The van der Waals surface area contributed by atoms with Gasteiger partial charge in [-0.05, 0) is 30.3 Å². The summed E-state index contributed by atoms with van der Waals surface area (Å²) in [5.41, 5.74) is 5.82. The van der Waals surface area contributed by atoms with E-state index in [2.05, 4.69) is 15.6 Å². The highest BCUT2D eigenvalue weighted by molar-refractivity contribution is 6.04. The Morgan fingerprint density at radius 1 is 1.05 bits per heavy atom. The van der Waals surface area contributed by atoms with Crippen LogP contribution >= 0.6 is 0 Å². The van der Waals surface area contributed by atoms with E-state index in [0.717, 1.165) is 6.20 Å². The second kappa shape index (κ2) is 5.79. The van der Waals surface area contributed by atoms with Gasteiger partial charge in [0.2, 0.25) is 0 Å². The maximum atomic E-state index is 13.4. The van der Waals surface area contributed by atoms with Crippen LogP contribution in [0.3, 0.4) is 0 Å². The van der Waals surface area contributed by atoms with E-state index >= 15 is 0 Å². The average molecular weight is 274 g/mol. The number of hydrogen-bond donors (Lipinski definition) is 3. The minimum absolute atomic E-state index is 0.0978. The van der Waals surface area contributed by atoms with Crippen LogP contribution in [0, 0.1) is 5.82 Å². The molecule has 0 aliphatic heterocycles. The van der Waals surface area contributed by atoms with Crippen molar-refractivity contribution in [2.75, 3.05) is 10.6 Å². The number of rotatable bonds is 3. The van der Waals surface area contributed by atoms with Crippen LogP contribution in [0.5, 0.6) is 0 Å².